The van der Waals surface area contributed by atoms with Gasteiger partial charge in [0.25, 0.3) is 0 Å². The summed E-state index contributed by atoms with van der Waals surface area (Å²) < 4.78 is 11.5. The second kappa shape index (κ2) is 8.73. The molecule has 0 unspecified atom stereocenters. The first kappa shape index (κ1) is 20.2. The molecule has 2 aliphatic rings. The van der Waals surface area contributed by atoms with Gasteiger partial charge in [-0.1, -0.05) is 12.1 Å². The first-order chi connectivity index (χ1) is 14.1. The molecule has 152 valence electrons. The predicted octanol–water partition coefficient (Wildman–Crippen LogP) is 4.49. The number of thiol groups is 1. The average Bonchev–Trinajstić information content (AvgIpc) is 3.06. The second-order valence-electron chi connectivity index (χ2n) is 7.23. The molecule has 0 radical (unpaired) electrons. The van der Waals surface area contributed by atoms with Gasteiger partial charge in [0.15, 0.2) is 5.06 Å². The summed E-state index contributed by atoms with van der Waals surface area (Å²) in [6, 6.07) is 7.71. The zero-order chi connectivity index (χ0) is 20.4. The van der Waals surface area contributed by atoms with Gasteiger partial charge in [-0.05, 0) is 48.6 Å². The molecule has 1 aliphatic heterocycles. The van der Waals surface area contributed by atoms with Crippen LogP contribution in [0.25, 0.3) is 4.91 Å². The van der Waals surface area contributed by atoms with E-state index in [2.05, 4.69) is 19.6 Å². The van der Waals surface area contributed by atoms with Crippen molar-refractivity contribution in [1.82, 2.24) is 4.90 Å². The summed E-state index contributed by atoms with van der Waals surface area (Å²) in [4.78, 5) is 16.3. The van der Waals surface area contributed by atoms with Crippen molar-refractivity contribution in [3.8, 4) is 10.8 Å². The maximum atomic E-state index is 12.4. The molecule has 1 fully saturated rings. The van der Waals surface area contributed by atoms with Crippen LogP contribution in [0.15, 0.2) is 29.8 Å². The Balaban J connectivity index is 1.48. The molecule has 0 saturated carbocycles. The molecule has 1 N–H and O–H groups in total. The lowest BCUT2D eigenvalue weighted by Crippen LogP contribution is -2.41. The van der Waals surface area contributed by atoms with Crippen LogP contribution in [0.5, 0.6) is 10.8 Å². The molecule has 1 saturated heterocycles. The van der Waals surface area contributed by atoms with Gasteiger partial charge in [0.1, 0.15) is 5.75 Å². The van der Waals surface area contributed by atoms with E-state index < -0.39 is 0 Å². The third kappa shape index (κ3) is 4.27. The lowest BCUT2D eigenvalue weighted by molar-refractivity contribution is -0.134. The number of ether oxygens (including phenoxy) is 2. The molecule has 0 bridgehead atoms. The van der Waals surface area contributed by atoms with Crippen molar-refractivity contribution in [2.45, 2.75) is 26.2 Å². The number of aryl methyl sites for hydroxylation is 1. The van der Waals surface area contributed by atoms with Gasteiger partial charge in [0.05, 0.1) is 19.6 Å². The minimum atomic E-state index is 0.133. The molecule has 2 aromatic rings. The number of hydrogen-bond acceptors (Lipinski definition) is 6. The average molecular weight is 429 g/mol. The normalized spacial score (nSPS) is 16.6. The maximum absolute atomic E-state index is 12.4. The predicted molar refractivity (Wildman–Crippen MR) is 120 cm³/mol. The van der Waals surface area contributed by atoms with E-state index in [9.17, 15) is 4.79 Å². The fourth-order valence-electron chi connectivity index (χ4n) is 3.72. The van der Waals surface area contributed by atoms with Gasteiger partial charge in [-0.15, -0.1) is 24.0 Å². The number of fused-ring (bicyclic) bond motifs is 1. The highest BCUT2D eigenvalue weighted by Gasteiger charge is 2.25. The zero-order valence-corrected chi connectivity index (χ0v) is 18.1. The number of amides is 1. The summed E-state index contributed by atoms with van der Waals surface area (Å²) in [5.74, 6) is 0.869. The second-order valence-corrected chi connectivity index (χ2v) is 8.87. The third-order valence-electron chi connectivity index (χ3n) is 5.39. The minimum absolute atomic E-state index is 0.133. The van der Waals surface area contributed by atoms with Gasteiger partial charge < -0.3 is 19.8 Å². The molecule has 29 heavy (non-hydrogen) atoms. The van der Waals surface area contributed by atoms with E-state index in [1.54, 1.807) is 11.3 Å². The fourth-order valence-corrected chi connectivity index (χ4v) is 5.28. The van der Waals surface area contributed by atoms with E-state index in [0.717, 1.165) is 45.3 Å². The van der Waals surface area contributed by atoms with Crippen LogP contribution >= 0.6 is 24.0 Å². The Morgan fingerprint density at radius 3 is 2.69 bits per heavy atom. The Labute approximate surface area is 180 Å². The summed E-state index contributed by atoms with van der Waals surface area (Å²) in [5, 5.41) is 8.43. The molecule has 1 aliphatic carbocycles. The van der Waals surface area contributed by atoms with Gasteiger partial charge in [-0.2, -0.15) is 0 Å². The molecule has 1 aromatic carbocycles. The van der Waals surface area contributed by atoms with Gasteiger partial charge in [-0.25, -0.2) is 0 Å². The lowest BCUT2D eigenvalue weighted by Gasteiger charge is -2.26. The third-order valence-corrected chi connectivity index (χ3v) is 6.93. The first-order valence-corrected chi connectivity index (χ1v) is 11.0. The van der Waals surface area contributed by atoms with Crippen LogP contribution in [0.2, 0.25) is 0 Å². The van der Waals surface area contributed by atoms with Crippen LogP contribution in [-0.4, -0.2) is 43.3 Å². The Kier molecular flexibility index (Phi) is 6.08. The molecular weight excluding hydrogens is 404 g/mol. The summed E-state index contributed by atoms with van der Waals surface area (Å²) in [7, 11) is 0. The number of nitrogens with zero attached hydrogens (tertiary/aromatic N) is 1. The monoisotopic (exact) mass is 428 g/mol. The van der Waals surface area contributed by atoms with E-state index in [0.29, 0.717) is 32.7 Å². The number of carbonyl (C=O) groups excluding carboxylic acids is 1. The molecule has 0 spiro atoms. The minimum Gasteiger partial charge on any atom is -0.446 e. The van der Waals surface area contributed by atoms with Crippen LogP contribution in [-0.2, 0) is 22.4 Å². The van der Waals surface area contributed by atoms with Crippen molar-refractivity contribution in [2.24, 2.45) is 0 Å². The van der Waals surface area contributed by atoms with E-state index in [4.69, 9.17) is 14.9 Å². The molecular formula is C22H24N2O3S2. The molecule has 4 rings (SSSR count). The molecule has 1 aromatic heterocycles. The Bertz CT molecular complexity index is 957. The van der Waals surface area contributed by atoms with Crippen molar-refractivity contribution >= 4 is 41.0 Å². The van der Waals surface area contributed by atoms with Crippen LogP contribution in [0, 0.1) is 12.3 Å². The Hall–Kier alpha value is -2.09. The number of hydrogen-bond donors (Lipinski definition) is 2. The van der Waals surface area contributed by atoms with E-state index in [1.807, 2.05) is 29.2 Å². The van der Waals surface area contributed by atoms with Crippen molar-refractivity contribution in [1.29, 1.82) is 5.41 Å². The van der Waals surface area contributed by atoms with Gasteiger partial charge >= 0.3 is 0 Å². The smallest absolute Gasteiger partial charge is 0.227 e. The molecule has 5 nitrogen and oxygen atoms in total. The summed E-state index contributed by atoms with van der Waals surface area (Å²) in [6.07, 6.45) is 3.54. The fraction of sp³-hybridized carbons (Fsp3) is 0.364. The highest BCUT2D eigenvalue weighted by atomic mass is 32.1. The summed E-state index contributed by atoms with van der Waals surface area (Å²) >= 11 is 6.30. The molecule has 0 atom stereocenters. The number of rotatable bonds is 5. The molecule has 7 heteroatoms. The Morgan fingerprint density at radius 2 is 2.00 bits per heavy atom. The highest BCUT2D eigenvalue weighted by molar-refractivity contribution is 7.90. The lowest BCUT2D eigenvalue weighted by atomic mass is 9.94. The van der Waals surface area contributed by atoms with E-state index >= 15 is 0 Å². The number of thiophene rings is 1. The summed E-state index contributed by atoms with van der Waals surface area (Å²) in [5.41, 5.74) is 4.21. The van der Waals surface area contributed by atoms with Crippen LogP contribution < -0.4 is 4.74 Å². The van der Waals surface area contributed by atoms with Crippen LogP contribution in [0.3, 0.4) is 0 Å². The quantitative estimate of drug-likeness (QED) is 0.545. The number of morpholine rings is 1. The molecule has 2 heterocycles. The number of carbonyl (C=O) groups is 1. The zero-order valence-electron chi connectivity index (χ0n) is 16.4. The Morgan fingerprint density at radius 1 is 1.28 bits per heavy atom. The highest BCUT2D eigenvalue weighted by Crippen LogP contribution is 2.47. The standard InChI is InChI=1S/C22H24N2O3S2/c1-14-18-7-4-16(13-23)21(28)20(18)22(29-14)27-17-5-2-15(3-6-17)12-19(25)24-8-10-26-11-9-24/h2-3,5-6,13,23,28H,4,7-12H2,1H3. The SMILES string of the molecule is Cc1sc(Oc2ccc(CC(=O)N3CCOCC3)cc2)c2c1CCC(C=N)=C2S. The van der Waals surface area contributed by atoms with E-state index in [1.165, 1.54) is 16.7 Å². The first-order valence-electron chi connectivity index (χ1n) is 9.74. The van der Waals surface area contributed by atoms with Gasteiger partial charge in [-0.3, -0.25) is 4.79 Å². The van der Waals surface area contributed by atoms with Crippen molar-refractivity contribution in [3.05, 3.63) is 51.4 Å². The molecule has 1 amide bonds. The van der Waals surface area contributed by atoms with Crippen molar-refractivity contribution < 1.29 is 14.3 Å². The van der Waals surface area contributed by atoms with Crippen molar-refractivity contribution in [3.63, 3.8) is 0 Å². The van der Waals surface area contributed by atoms with Crippen molar-refractivity contribution in [2.75, 3.05) is 26.3 Å². The number of nitrogens with one attached hydrogen (secondary N) is 1. The number of benzene rings is 1. The van der Waals surface area contributed by atoms with Crippen LogP contribution in [0.4, 0.5) is 0 Å². The van der Waals surface area contributed by atoms with Gasteiger partial charge in [0.2, 0.25) is 5.91 Å². The maximum Gasteiger partial charge on any atom is 0.227 e. The number of allylic oxidation sites excluding steroid dienone is 1. The van der Waals surface area contributed by atoms with Gasteiger partial charge in [0, 0.05) is 34.6 Å². The summed E-state index contributed by atoms with van der Waals surface area (Å²) in [6.45, 7) is 4.67. The van der Waals surface area contributed by atoms with E-state index in [-0.39, 0.29) is 5.91 Å². The largest absolute Gasteiger partial charge is 0.446 e. The topological polar surface area (TPSA) is 62.6 Å². The van der Waals surface area contributed by atoms with Crippen LogP contribution in [0.1, 0.15) is 28.0 Å².